The van der Waals surface area contributed by atoms with Gasteiger partial charge in [0.2, 0.25) is 5.91 Å². The molecule has 31 heavy (non-hydrogen) atoms. The molecule has 1 atom stereocenters. The minimum Gasteiger partial charge on any atom is -0.407 e. The third-order valence-electron chi connectivity index (χ3n) is 5.27. The summed E-state index contributed by atoms with van der Waals surface area (Å²) < 4.78 is 18.5. The normalized spacial score (nSPS) is 20.3. The fourth-order valence-corrected chi connectivity index (χ4v) is 3.80. The van der Waals surface area contributed by atoms with Crippen molar-refractivity contribution in [3.05, 3.63) is 58.4 Å². The molecule has 0 aromatic heterocycles. The van der Waals surface area contributed by atoms with E-state index in [-0.39, 0.29) is 30.4 Å². The van der Waals surface area contributed by atoms with Gasteiger partial charge in [-0.3, -0.25) is 9.59 Å². The molecule has 162 valence electrons. The number of halogens is 2. The second kappa shape index (κ2) is 8.16. The zero-order valence-electron chi connectivity index (χ0n) is 16.3. The number of anilines is 2. The SMILES string of the molecule is O=C1CCc2cc(N3CCC(O)(OC(=O)NCc4cccc(F)c4Cl)C3=O)ccc2N1. The second-order valence-corrected chi connectivity index (χ2v) is 7.71. The number of aryl methyl sites for hydroxylation is 1. The molecule has 3 amide bonds. The van der Waals surface area contributed by atoms with Crippen molar-refractivity contribution in [3.8, 4) is 0 Å². The highest BCUT2D eigenvalue weighted by molar-refractivity contribution is 6.31. The van der Waals surface area contributed by atoms with E-state index >= 15 is 0 Å². The van der Waals surface area contributed by atoms with Crippen LogP contribution >= 0.6 is 11.6 Å². The van der Waals surface area contributed by atoms with Gasteiger partial charge in [0.25, 0.3) is 11.7 Å². The summed E-state index contributed by atoms with van der Waals surface area (Å²) in [6, 6.07) is 9.28. The minimum atomic E-state index is -2.32. The Bertz CT molecular complexity index is 1080. The molecular formula is C21H19ClFN3O5. The van der Waals surface area contributed by atoms with Gasteiger partial charge < -0.3 is 25.4 Å². The molecule has 1 unspecified atom stereocenters. The Balaban J connectivity index is 1.41. The van der Waals surface area contributed by atoms with Crippen LogP contribution in [0.25, 0.3) is 0 Å². The molecule has 8 nitrogen and oxygen atoms in total. The van der Waals surface area contributed by atoms with Gasteiger partial charge in [-0.1, -0.05) is 23.7 Å². The van der Waals surface area contributed by atoms with Crippen molar-refractivity contribution in [2.75, 3.05) is 16.8 Å². The third-order valence-corrected chi connectivity index (χ3v) is 5.69. The maximum Gasteiger partial charge on any atom is 0.410 e. The van der Waals surface area contributed by atoms with Crippen molar-refractivity contribution in [3.63, 3.8) is 0 Å². The Hall–Kier alpha value is -3.17. The molecule has 3 N–H and O–H groups in total. The van der Waals surface area contributed by atoms with E-state index in [1.807, 2.05) is 0 Å². The Morgan fingerprint density at radius 1 is 1.29 bits per heavy atom. The van der Waals surface area contributed by atoms with E-state index in [2.05, 4.69) is 10.6 Å². The van der Waals surface area contributed by atoms with Crippen molar-refractivity contribution in [1.29, 1.82) is 0 Å². The highest BCUT2D eigenvalue weighted by Crippen LogP contribution is 2.33. The topological polar surface area (TPSA) is 108 Å². The number of aliphatic hydroxyl groups is 1. The number of nitrogens with one attached hydrogen (secondary N) is 2. The molecule has 4 rings (SSSR count). The molecule has 0 bridgehead atoms. The summed E-state index contributed by atoms with van der Waals surface area (Å²) in [7, 11) is 0. The lowest BCUT2D eigenvalue weighted by molar-refractivity contribution is -0.175. The smallest absolute Gasteiger partial charge is 0.407 e. The number of amides is 3. The van der Waals surface area contributed by atoms with Gasteiger partial charge in [0.05, 0.1) is 5.02 Å². The molecule has 0 radical (unpaired) electrons. The summed E-state index contributed by atoms with van der Waals surface area (Å²) in [6.07, 6.45) is -0.255. The lowest BCUT2D eigenvalue weighted by atomic mass is 10.0. The molecule has 10 heteroatoms. The van der Waals surface area contributed by atoms with Gasteiger partial charge in [0.15, 0.2) is 0 Å². The van der Waals surface area contributed by atoms with E-state index in [0.29, 0.717) is 29.8 Å². The second-order valence-electron chi connectivity index (χ2n) is 7.34. The number of carbonyl (C=O) groups excluding carboxylic acids is 3. The molecule has 2 aromatic rings. The fraction of sp³-hybridized carbons (Fsp3) is 0.286. The third kappa shape index (κ3) is 4.19. The largest absolute Gasteiger partial charge is 0.410 e. The van der Waals surface area contributed by atoms with Gasteiger partial charge in [-0.25, -0.2) is 9.18 Å². The van der Waals surface area contributed by atoms with E-state index in [1.165, 1.54) is 23.1 Å². The number of carbonyl (C=O) groups is 3. The maximum absolute atomic E-state index is 13.5. The highest BCUT2D eigenvalue weighted by Gasteiger charge is 2.49. The average Bonchev–Trinajstić information content (AvgIpc) is 3.03. The van der Waals surface area contributed by atoms with Crippen molar-refractivity contribution in [2.45, 2.75) is 31.6 Å². The zero-order valence-corrected chi connectivity index (χ0v) is 17.0. The lowest BCUT2D eigenvalue weighted by Gasteiger charge is -2.24. The standard InChI is InChI=1S/C21H19ClFN3O5/c22-18-13(2-1-3-15(18)23)11-24-20(29)31-21(30)8-9-26(19(21)28)14-5-6-16-12(10-14)4-7-17(27)25-16/h1-3,5-6,10,30H,4,7-9,11H2,(H,24,29)(H,25,27). The number of alkyl carbamates (subject to hydrolysis) is 1. The lowest BCUT2D eigenvalue weighted by Crippen LogP contribution is -2.46. The first-order chi connectivity index (χ1) is 14.8. The monoisotopic (exact) mass is 447 g/mol. The van der Waals surface area contributed by atoms with Crippen LogP contribution in [0, 0.1) is 5.82 Å². The van der Waals surface area contributed by atoms with Crippen molar-refractivity contribution in [2.24, 2.45) is 0 Å². The van der Waals surface area contributed by atoms with Gasteiger partial charge in [-0.2, -0.15) is 0 Å². The van der Waals surface area contributed by atoms with Gasteiger partial charge in [0, 0.05) is 37.3 Å². The fourth-order valence-electron chi connectivity index (χ4n) is 3.60. The molecule has 0 saturated carbocycles. The molecule has 0 aliphatic carbocycles. The van der Waals surface area contributed by atoms with Gasteiger partial charge in [0.1, 0.15) is 5.82 Å². The van der Waals surface area contributed by atoms with Gasteiger partial charge in [-0.05, 0) is 41.8 Å². The maximum atomic E-state index is 13.5. The molecule has 0 spiro atoms. The van der Waals surface area contributed by atoms with Crippen LogP contribution in [0.2, 0.25) is 5.02 Å². The van der Waals surface area contributed by atoms with Crippen LogP contribution in [0.1, 0.15) is 24.0 Å². The van der Waals surface area contributed by atoms with E-state index < -0.39 is 23.6 Å². The van der Waals surface area contributed by atoms with Crippen molar-refractivity contribution < 1.29 is 28.6 Å². The number of nitrogens with zero attached hydrogens (tertiary/aromatic N) is 1. The van der Waals surface area contributed by atoms with E-state index in [4.69, 9.17) is 16.3 Å². The first kappa shape index (κ1) is 21.1. The summed E-state index contributed by atoms with van der Waals surface area (Å²) in [5, 5.41) is 15.6. The summed E-state index contributed by atoms with van der Waals surface area (Å²) in [5.74, 6) is -3.78. The summed E-state index contributed by atoms with van der Waals surface area (Å²) in [4.78, 5) is 37.8. The molecule has 2 aliphatic rings. The molecule has 2 heterocycles. The first-order valence-corrected chi connectivity index (χ1v) is 10.0. The van der Waals surface area contributed by atoms with Crippen LogP contribution in [0.5, 0.6) is 0 Å². The number of fused-ring (bicyclic) bond motifs is 1. The quantitative estimate of drug-likeness (QED) is 0.624. The van der Waals surface area contributed by atoms with Crippen molar-refractivity contribution in [1.82, 2.24) is 5.32 Å². The Morgan fingerprint density at radius 3 is 2.90 bits per heavy atom. The molecule has 1 saturated heterocycles. The van der Waals surface area contributed by atoms with Crippen LogP contribution in [0.3, 0.4) is 0 Å². The summed E-state index contributed by atoms with van der Waals surface area (Å²) in [6.45, 7) is 0.00341. The van der Waals surface area contributed by atoms with Crippen molar-refractivity contribution >= 4 is 40.9 Å². The number of hydrogen-bond acceptors (Lipinski definition) is 5. The Morgan fingerprint density at radius 2 is 2.10 bits per heavy atom. The number of benzene rings is 2. The molecular weight excluding hydrogens is 429 g/mol. The van der Waals surface area contributed by atoms with Gasteiger partial charge >= 0.3 is 6.09 Å². The van der Waals surface area contributed by atoms with E-state index in [1.54, 1.807) is 18.2 Å². The highest BCUT2D eigenvalue weighted by atomic mass is 35.5. The Kier molecular flexibility index (Phi) is 5.55. The summed E-state index contributed by atoms with van der Waals surface area (Å²) in [5.41, 5.74) is 2.43. The molecule has 2 aliphatic heterocycles. The number of hydrogen-bond donors (Lipinski definition) is 3. The van der Waals surface area contributed by atoms with E-state index in [0.717, 1.165) is 5.56 Å². The predicted molar refractivity (Wildman–Crippen MR) is 110 cm³/mol. The van der Waals surface area contributed by atoms with Crippen LogP contribution in [-0.2, 0) is 27.3 Å². The first-order valence-electron chi connectivity index (χ1n) is 9.64. The van der Waals surface area contributed by atoms with E-state index in [9.17, 15) is 23.9 Å². The predicted octanol–water partition coefficient (Wildman–Crippen LogP) is 2.72. The zero-order chi connectivity index (χ0) is 22.2. The number of ether oxygens (including phenoxy) is 1. The number of rotatable bonds is 4. The minimum absolute atomic E-state index is 0.0641. The van der Waals surface area contributed by atoms with Crippen LogP contribution < -0.4 is 15.5 Å². The van der Waals surface area contributed by atoms with Gasteiger partial charge in [-0.15, -0.1) is 0 Å². The van der Waals surface area contributed by atoms with Crippen LogP contribution in [-0.4, -0.2) is 35.3 Å². The Labute approximate surface area is 181 Å². The van der Waals surface area contributed by atoms with Crippen LogP contribution in [0.4, 0.5) is 20.6 Å². The molecule has 1 fully saturated rings. The van der Waals surface area contributed by atoms with Crippen LogP contribution in [0.15, 0.2) is 36.4 Å². The average molecular weight is 448 g/mol. The molecule has 2 aromatic carbocycles. The summed E-state index contributed by atoms with van der Waals surface area (Å²) >= 11 is 5.84.